The summed E-state index contributed by atoms with van der Waals surface area (Å²) in [5.74, 6) is 1.22. The predicted molar refractivity (Wildman–Crippen MR) is 118 cm³/mol. The molecule has 3 aliphatic rings. The Labute approximate surface area is 185 Å². The van der Waals surface area contributed by atoms with Gasteiger partial charge in [0.1, 0.15) is 34.5 Å². The molecule has 0 saturated carbocycles. The molecule has 164 valence electrons. The normalized spacial score (nSPS) is 21.2. The maximum absolute atomic E-state index is 13.7. The second kappa shape index (κ2) is 8.14. The van der Waals surface area contributed by atoms with E-state index < -0.39 is 0 Å². The Morgan fingerprint density at radius 2 is 2.03 bits per heavy atom. The molecule has 2 aromatic heterocycles. The summed E-state index contributed by atoms with van der Waals surface area (Å²) in [6.07, 6.45) is 0. The van der Waals surface area contributed by atoms with E-state index >= 15 is 0 Å². The number of aromatic nitrogens is 2. The number of piperazine rings is 1. The molecule has 3 N–H and O–H groups in total. The monoisotopic (exact) mass is 444 g/mol. The van der Waals surface area contributed by atoms with Gasteiger partial charge in [0.05, 0.1) is 24.9 Å². The van der Waals surface area contributed by atoms with Crippen LogP contribution in [0.15, 0.2) is 12.1 Å². The number of ether oxygens (including phenoxy) is 2. The van der Waals surface area contributed by atoms with Crippen LogP contribution < -0.4 is 20.7 Å². The molecular weight excluding hydrogens is 420 g/mol. The minimum atomic E-state index is -0.0989. The standard InChI is InChI=1S/C21H25ClN6O3/c1-12-8-14(25-15(23)9-12)18-17(22)19-16(20(26-18)27-4-6-30-7-5-27)21(29)28-3-2-24-10-13(28)11-31-19/h8-9,13,24H,2-7,10-11H2,1H3,(H2,23,25)/t13-/m1/s1. The lowest BCUT2D eigenvalue weighted by molar-refractivity contribution is 0.0606. The second-order valence-electron chi connectivity index (χ2n) is 8.02. The van der Waals surface area contributed by atoms with E-state index in [2.05, 4.69) is 15.2 Å². The first-order chi connectivity index (χ1) is 15.0. The quantitative estimate of drug-likeness (QED) is 0.714. The fourth-order valence-corrected chi connectivity index (χ4v) is 4.64. The third-order valence-corrected chi connectivity index (χ3v) is 6.21. The van der Waals surface area contributed by atoms with Gasteiger partial charge in [0.15, 0.2) is 5.75 Å². The van der Waals surface area contributed by atoms with E-state index in [1.165, 1.54) is 0 Å². The predicted octanol–water partition coefficient (Wildman–Crippen LogP) is 1.33. The lowest BCUT2D eigenvalue weighted by Crippen LogP contribution is -2.55. The summed E-state index contributed by atoms with van der Waals surface area (Å²) < 4.78 is 11.7. The maximum atomic E-state index is 13.7. The maximum Gasteiger partial charge on any atom is 0.261 e. The molecule has 1 atom stereocenters. The largest absolute Gasteiger partial charge is 0.489 e. The fraction of sp³-hybridized carbons (Fsp3) is 0.476. The highest BCUT2D eigenvalue weighted by atomic mass is 35.5. The molecule has 0 radical (unpaired) electrons. The average Bonchev–Trinajstić information content (AvgIpc) is 2.92. The van der Waals surface area contributed by atoms with E-state index in [1.54, 1.807) is 6.07 Å². The highest BCUT2D eigenvalue weighted by Crippen LogP contribution is 2.43. The number of nitrogens with one attached hydrogen (secondary N) is 1. The zero-order chi connectivity index (χ0) is 21.5. The van der Waals surface area contributed by atoms with Crippen LogP contribution in [0, 0.1) is 6.92 Å². The molecule has 2 fully saturated rings. The molecular formula is C21H25ClN6O3. The number of anilines is 2. The van der Waals surface area contributed by atoms with Crippen LogP contribution in [0.2, 0.25) is 5.02 Å². The zero-order valence-corrected chi connectivity index (χ0v) is 18.1. The van der Waals surface area contributed by atoms with E-state index in [4.69, 9.17) is 31.8 Å². The van der Waals surface area contributed by atoms with Crippen molar-refractivity contribution in [3.63, 3.8) is 0 Å². The lowest BCUT2D eigenvalue weighted by atomic mass is 10.1. The van der Waals surface area contributed by atoms with Crippen LogP contribution in [0.4, 0.5) is 11.6 Å². The van der Waals surface area contributed by atoms with Gasteiger partial charge in [-0.2, -0.15) is 0 Å². The SMILES string of the molecule is Cc1cc(N)nc(-c2nc(N3CCOCC3)c3c(c2Cl)OC[C@H]2CNCCN2C3=O)c1. The Morgan fingerprint density at radius 3 is 2.81 bits per heavy atom. The number of rotatable bonds is 2. The number of aryl methyl sites for hydroxylation is 1. The topological polar surface area (TPSA) is 106 Å². The van der Waals surface area contributed by atoms with Crippen LogP contribution in [0.1, 0.15) is 15.9 Å². The van der Waals surface area contributed by atoms with Crippen molar-refractivity contribution in [2.45, 2.75) is 13.0 Å². The van der Waals surface area contributed by atoms with Gasteiger partial charge in [0.2, 0.25) is 0 Å². The van der Waals surface area contributed by atoms with Gasteiger partial charge in [0.25, 0.3) is 5.91 Å². The van der Waals surface area contributed by atoms with Crippen molar-refractivity contribution in [1.29, 1.82) is 0 Å². The first kappa shape index (κ1) is 20.3. The molecule has 0 aliphatic carbocycles. The van der Waals surface area contributed by atoms with Crippen molar-refractivity contribution in [3.05, 3.63) is 28.3 Å². The fourth-order valence-electron chi connectivity index (χ4n) is 4.35. The van der Waals surface area contributed by atoms with E-state index in [0.29, 0.717) is 80.3 Å². The summed E-state index contributed by atoms with van der Waals surface area (Å²) in [6, 6.07) is 3.61. The number of hydrogen-bond acceptors (Lipinski definition) is 8. The molecule has 5 rings (SSSR count). The number of pyridine rings is 2. The van der Waals surface area contributed by atoms with Crippen molar-refractivity contribution in [2.75, 3.05) is 63.2 Å². The Hall–Kier alpha value is -2.62. The van der Waals surface area contributed by atoms with Gasteiger partial charge in [-0.25, -0.2) is 9.97 Å². The Bertz CT molecular complexity index is 1010. The van der Waals surface area contributed by atoms with E-state index in [-0.39, 0.29) is 17.0 Å². The molecule has 0 aromatic carbocycles. The van der Waals surface area contributed by atoms with Crippen molar-refractivity contribution in [2.24, 2.45) is 0 Å². The summed E-state index contributed by atoms with van der Waals surface area (Å²) in [5, 5.41) is 3.61. The molecule has 31 heavy (non-hydrogen) atoms. The molecule has 2 aromatic rings. The van der Waals surface area contributed by atoms with Gasteiger partial charge in [-0.05, 0) is 24.6 Å². The number of nitrogen functional groups attached to an aromatic ring is 1. The molecule has 3 aliphatic heterocycles. The van der Waals surface area contributed by atoms with Gasteiger partial charge < -0.3 is 30.3 Å². The van der Waals surface area contributed by atoms with Gasteiger partial charge in [0, 0.05) is 32.7 Å². The zero-order valence-electron chi connectivity index (χ0n) is 17.4. The number of morpholine rings is 1. The summed E-state index contributed by atoms with van der Waals surface area (Å²) in [5.41, 5.74) is 8.37. The van der Waals surface area contributed by atoms with Gasteiger partial charge >= 0.3 is 0 Å². The van der Waals surface area contributed by atoms with Crippen LogP contribution >= 0.6 is 11.6 Å². The van der Waals surface area contributed by atoms with Crippen molar-refractivity contribution in [3.8, 4) is 17.1 Å². The first-order valence-corrected chi connectivity index (χ1v) is 10.9. The number of hydrogen-bond donors (Lipinski definition) is 2. The van der Waals surface area contributed by atoms with Crippen LogP contribution in [0.3, 0.4) is 0 Å². The molecule has 5 heterocycles. The molecule has 0 unspecified atom stereocenters. The smallest absolute Gasteiger partial charge is 0.261 e. The number of amides is 1. The molecule has 2 saturated heterocycles. The number of carbonyl (C=O) groups is 1. The van der Waals surface area contributed by atoms with Crippen molar-refractivity contribution < 1.29 is 14.3 Å². The highest BCUT2D eigenvalue weighted by Gasteiger charge is 2.38. The second-order valence-corrected chi connectivity index (χ2v) is 8.40. The van der Waals surface area contributed by atoms with Crippen molar-refractivity contribution >= 4 is 29.1 Å². The van der Waals surface area contributed by atoms with Crippen LogP contribution in [0.25, 0.3) is 11.4 Å². The minimum absolute atomic E-state index is 0.0570. The van der Waals surface area contributed by atoms with Crippen LogP contribution in [-0.4, -0.2) is 79.4 Å². The average molecular weight is 445 g/mol. The number of halogens is 1. The van der Waals surface area contributed by atoms with Crippen LogP contribution in [-0.2, 0) is 4.74 Å². The highest BCUT2D eigenvalue weighted by molar-refractivity contribution is 6.35. The number of carbonyl (C=O) groups excluding carboxylic acids is 1. The van der Waals surface area contributed by atoms with E-state index in [0.717, 1.165) is 12.1 Å². The lowest BCUT2D eigenvalue weighted by Gasteiger charge is -2.34. The van der Waals surface area contributed by atoms with E-state index in [9.17, 15) is 4.79 Å². The third kappa shape index (κ3) is 3.66. The Morgan fingerprint density at radius 1 is 1.23 bits per heavy atom. The molecule has 9 nitrogen and oxygen atoms in total. The first-order valence-electron chi connectivity index (χ1n) is 10.5. The third-order valence-electron chi connectivity index (χ3n) is 5.86. The van der Waals surface area contributed by atoms with E-state index in [1.807, 2.05) is 17.9 Å². The minimum Gasteiger partial charge on any atom is -0.489 e. The molecule has 10 heteroatoms. The summed E-state index contributed by atoms with van der Waals surface area (Å²) >= 11 is 6.81. The Kier molecular flexibility index (Phi) is 5.33. The number of fused-ring (bicyclic) bond motifs is 2. The number of nitrogens with zero attached hydrogens (tertiary/aromatic N) is 4. The van der Waals surface area contributed by atoms with Gasteiger partial charge in [-0.3, -0.25) is 4.79 Å². The van der Waals surface area contributed by atoms with Gasteiger partial charge in [-0.15, -0.1) is 0 Å². The van der Waals surface area contributed by atoms with Gasteiger partial charge in [-0.1, -0.05) is 11.6 Å². The summed E-state index contributed by atoms with van der Waals surface area (Å²) in [6.45, 7) is 6.73. The Balaban J connectivity index is 1.71. The van der Waals surface area contributed by atoms with Crippen LogP contribution in [0.5, 0.6) is 5.75 Å². The molecule has 0 spiro atoms. The summed E-state index contributed by atoms with van der Waals surface area (Å²) in [7, 11) is 0. The number of nitrogens with two attached hydrogens (primary N) is 1. The van der Waals surface area contributed by atoms with Crippen molar-refractivity contribution in [1.82, 2.24) is 20.2 Å². The summed E-state index contributed by atoms with van der Waals surface area (Å²) in [4.78, 5) is 26.9. The molecule has 1 amide bonds. The molecule has 0 bridgehead atoms.